The molecule has 0 saturated heterocycles. The summed E-state index contributed by atoms with van der Waals surface area (Å²) < 4.78 is 25.7. The lowest BCUT2D eigenvalue weighted by atomic mass is 10.1. The molecule has 18 heavy (non-hydrogen) atoms. The average Bonchev–Trinajstić information content (AvgIpc) is 2.32. The number of carboxylic acid groups (broad SMARTS) is 1. The summed E-state index contributed by atoms with van der Waals surface area (Å²) in [5.74, 6) is -3.56. The molecule has 0 radical (unpaired) electrons. The van der Waals surface area contributed by atoms with Gasteiger partial charge in [0.15, 0.2) is 11.6 Å². The standard InChI is InChI=1S/C11H6F2N2O3/c12-6-2-1-5(3-7(6)13)8-4-9(16)10(11(17)18)15-14-8/h1-4H,(H,14,16)(H,17,18). The lowest BCUT2D eigenvalue weighted by molar-refractivity contribution is 0.0687. The Morgan fingerprint density at radius 2 is 1.94 bits per heavy atom. The van der Waals surface area contributed by atoms with Crippen molar-refractivity contribution >= 4 is 5.97 Å². The molecule has 2 aromatic rings. The molecule has 0 fully saturated rings. The SMILES string of the molecule is O=C(O)c1n[nH]c(-c2ccc(F)c(F)c2)cc1=O. The second-order valence-electron chi connectivity index (χ2n) is 3.43. The van der Waals surface area contributed by atoms with E-state index < -0.39 is 28.7 Å². The number of rotatable bonds is 2. The van der Waals surface area contributed by atoms with Crippen LogP contribution < -0.4 is 5.43 Å². The van der Waals surface area contributed by atoms with Crippen LogP contribution in [0, 0.1) is 11.6 Å². The first-order chi connectivity index (χ1) is 8.49. The Kier molecular flexibility index (Phi) is 2.88. The van der Waals surface area contributed by atoms with E-state index in [1.54, 1.807) is 0 Å². The third-order valence-electron chi connectivity index (χ3n) is 2.23. The molecule has 2 rings (SSSR count). The number of aromatic amines is 1. The number of carbonyl (C=O) groups is 1. The van der Waals surface area contributed by atoms with Crippen LogP contribution in [0.5, 0.6) is 0 Å². The lowest BCUT2D eigenvalue weighted by Crippen LogP contribution is -2.17. The first-order valence-corrected chi connectivity index (χ1v) is 4.77. The molecule has 5 nitrogen and oxygen atoms in total. The Labute approximate surface area is 98.7 Å². The number of H-pyrrole nitrogens is 1. The normalized spacial score (nSPS) is 10.3. The van der Waals surface area contributed by atoms with E-state index in [0.717, 1.165) is 18.2 Å². The molecule has 0 aliphatic rings. The van der Waals surface area contributed by atoms with Crippen LogP contribution in [0.25, 0.3) is 11.3 Å². The van der Waals surface area contributed by atoms with Crippen LogP contribution in [-0.4, -0.2) is 21.3 Å². The molecule has 0 aliphatic carbocycles. The third-order valence-corrected chi connectivity index (χ3v) is 2.23. The lowest BCUT2D eigenvalue weighted by Gasteiger charge is -2.02. The summed E-state index contributed by atoms with van der Waals surface area (Å²) in [6.07, 6.45) is 0. The van der Waals surface area contributed by atoms with E-state index in [9.17, 15) is 18.4 Å². The van der Waals surface area contributed by atoms with Gasteiger partial charge in [-0.05, 0) is 18.2 Å². The quantitative estimate of drug-likeness (QED) is 0.846. The number of aromatic carboxylic acids is 1. The molecule has 1 aromatic heterocycles. The number of benzene rings is 1. The zero-order valence-corrected chi connectivity index (χ0v) is 8.78. The van der Waals surface area contributed by atoms with Gasteiger partial charge in [0.2, 0.25) is 11.1 Å². The van der Waals surface area contributed by atoms with E-state index in [2.05, 4.69) is 10.2 Å². The second-order valence-corrected chi connectivity index (χ2v) is 3.43. The molecule has 0 spiro atoms. The fourth-order valence-corrected chi connectivity index (χ4v) is 1.37. The molecule has 0 bridgehead atoms. The molecule has 0 amide bonds. The minimum Gasteiger partial charge on any atom is -0.476 e. The van der Waals surface area contributed by atoms with Crippen LogP contribution >= 0.6 is 0 Å². The van der Waals surface area contributed by atoms with Gasteiger partial charge in [0.25, 0.3) is 0 Å². The summed E-state index contributed by atoms with van der Waals surface area (Å²) in [7, 11) is 0. The molecule has 0 unspecified atom stereocenters. The predicted octanol–water partition coefficient (Wildman–Crippen LogP) is 1.41. The maximum Gasteiger partial charge on any atom is 0.360 e. The van der Waals surface area contributed by atoms with Crippen molar-refractivity contribution in [1.82, 2.24) is 10.2 Å². The van der Waals surface area contributed by atoms with Crippen molar-refractivity contribution in [3.05, 3.63) is 51.8 Å². The van der Waals surface area contributed by atoms with Gasteiger partial charge in [-0.25, -0.2) is 13.6 Å². The van der Waals surface area contributed by atoms with E-state index >= 15 is 0 Å². The minimum absolute atomic E-state index is 0.101. The van der Waals surface area contributed by atoms with Gasteiger partial charge in [-0.15, -0.1) is 0 Å². The zero-order chi connectivity index (χ0) is 13.3. The van der Waals surface area contributed by atoms with Gasteiger partial charge in [-0.1, -0.05) is 0 Å². The monoisotopic (exact) mass is 252 g/mol. The summed E-state index contributed by atoms with van der Waals surface area (Å²) in [5.41, 5.74) is -1.19. The number of nitrogens with one attached hydrogen (secondary N) is 1. The highest BCUT2D eigenvalue weighted by molar-refractivity contribution is 5.85. The summed E-state index contributed by atoms with van der Waals surface area (Å²) in [5, 5.41) is 14.3. The van der Waals surface area contributed by atoms with Gasteiger partial charge in [-0.2, -0.15) is 5.10 Å². The van der Waals surface area contributed by atoms with Crippen LogP contribution in [0.3, 0.4) is 0 Å². The molecule has 0 aliphatic heterocycles. The molecule has 92 valence electrons. The maximum absolute atomic E-state index is 13.0. The highest BCUT2D eigenvalue weighted by Crippen LogP contribution is 2.17. The van der Waals surface area contributed by atoms with Crippen LogP contribution in [0.1, 0.15) is 10.5 Å². The van der Waals surface area contributed by atoms with Crippen molar-refractivity contribution in [3.8, 4) is 11.3 Å². The largest absolute Gasteiger partial charge is 0.476 e. The van der Waals surface area contributed by atoms with Crippen molar-refractivity contribution in [2.45, 2.75) is 0 Å². The van der Waals surface area contributed by atoms with Gasteiger partial charge in [-0.3, -0.25) is 9.89 Å². The highest BCUT2D eigenvalue weighted by atomic mass is 19.2. The minimum atomic E-state index is -1.46. The van der Waals surface area contributed by atoms with E-state index in [-0.39, 0.29) is 11.3 Å². The molecule has 1 aromatic carbocycles. The highest BCUT2D eigenvalue weighted by Gasteiger charge is 2.12. The van der Waals surface area contributed by atoms with Crippen LogP contribution in [0.15, 0.2) is 29.1 Å². The Hall–Kier alpha value is -2.57. The number of hydrogen-bond donors (Lipinski definition) is 2. The van der Waals surface area contributed by atoms with Gasteiger partial charge >= 0.3 is 5.97 Å². The smallest absolute Gasteiger partial charge is 0.360 e. The molecule has 2 N–H and O–H groups in total. The number of halogens is 2. The topological polar surface area (TPSA) is 83.0 Å². The average molecular weight is 252 g/mol. The van der Waals surface area contributed by atoms with E-state index in [1.807, 2.05) is 0 Å². The predicted molar refractivity (Wildman–Crippen MR) is 57.2 cm³/mol. The Bertz CT molecular complexity index is 682. The first-order valence-electron chi connectivity index (χ1n) is 4.77. The van der Waals surface area contributed by atoms with Crippen molar-refractivity contribution < 1.29 is 18.7 Å². The van der Waals surface area contributed by atoms with E-state index in [0.29, 0.717) is 0 Å². The first kappa shape index (κ1) is 11.9. The number of aromatic nitrogens is 2. The summed E-state index contributed by atoms with van der Waals surface area (Å²) >= 11 is 0. The van der Waals surface area contributed by atoms with Crippen molar-refractivity contribution in [3.63, 3.8) is 0 Å². The molecule has 1 heterocycles. The Morgan fingerprint density at radius 3 is 2.50 bits per heavy atom. The number of hydrogen-bond acceptors (Lipinski definition) is 3. The van der Waals surface area contributed by atoms with Gasteiger partial charge in [0.05, 0.1) is 5.69 Å². The molecule has 0 saturated carbocycles. The number of nitrogens with zero attached hydrogens (tertiary/aromatic N) is 1. The van der Waals surface area contributed by atoms with Gasteiger partial charge < -0.3 is 5.11 Å². The summed E-state index contributed by atoms with van der Waals surface area (Å²) in [6, 6.07) is 3.98. The molecule has 0 atom stereocenters. The van der Waals surface area contributed by atoms with E-state index in [4.69, 9.17) is 5.11 Å². The third kappa shape index (κ3) is 2.10. The fourth-order valence-electron chi connectivity index (χ4n) is 1.37. The Balaban J connectivity index is 2.52. The van der Waals surface area contributed by atoms with Crippen molar-refractivity contribution in [1.29, 1.82) is 0 Å². The fraction of sp³-hybridized carbons (Fsp3) is 0. The second kappa shape index (κ2) is 4.36. The summed E-state index contributed by atoms with van der Waals surface area (Å²) in [4.78, 5) is 22.0. The van der Waals surface area contributed by atoms with E-state index in [1.165, 1.54) is 6.07 Å². The maximum atomic E-state index is 13.0. The van der Waals surface area contributed by atoms with Crippen LogP contribution in [-0.2, 0) is 0 Å². The summed E-state index contributed by atoms with van der Waals surface area (Å²) in [6.45, 7) is 0. The van der Waals surface area contributed by atoms with Crippen molar-refractivity contribution in [2.24, 2.45) is 0 Å². The zero-order valence-electron chi connectivity index (χ0n) is 8.78. The Morgan fingerprint density at radius 1 is 1.22 bits per heavy atom. The van der Waals surface area contributed by atoms with Crippen LogP contribution in [0.2, 0.25) is 0 Å². The molecular weight excluding hydrogens is 246 g/mol. The number of carboxylic acids is 1. The molecule has 7 heteroatoms. The van der Waals surface area contributed by atoms with Gasteiger partial charge in [0.1, 0.15) is 0 Å². The molecular formula is C11H6F2N2O3. The van der Waals surface area contributed by atoms with Gasteiger partial charge in [0, 0.05) is 11.6 Å². The van der Waals surface area contributed by atoms with Crippen molar-refractivity contribution in [2.75, 3.05) is 0 Å². The van der Waals surface area contributed by atoms with Crippen LogP contribution in [0.4, 0.5) is 8.78 Å².